The molecule has 0 heterocycles. The number of aliphatic hydroxyl groups excluding tert-OH is 1. The zero-order valence-corrected chi connectivity index (χ0v) is 15.0. The summed E-state index contributed by atoms with van der Waals surface area (Å²) < 4.78 is 5.26. The molecule has 0 bridgehead atoms. The molecule has 1 N–H and O–H groups in total. The first-order valence-electron chi connectivity index (χ1n) is 8.70. The number of carbonyl (C=O) groups is 1. The maximum Gasteiger partial charge on any atom is 0.330 e. The third-order valence-electron chi connectivity index (χ3n) is 4.26. The standard InChI is InChI=1S/C22H26O3/c1-4-18-14-17(7-6-12-23)9-11-20(18)21-10-8-16(3)13-19(21)15-25-22(24)5-2/h5,8-11,13-14,23H,2,4,6-7,12,15H2,1,3H3. The molecule has 0 unspecified atom stereocenters. The molecule has 0 radical (unpaired) electrons. The number of benzene rings is 2. The lowest BCUT2D eigenvalue weighted by Crippen LogP contribution is -2.03. The van der Waals surface area contributed by atoms with Crippen molar-refractivity contribution in [3.63, 3.8) is 0 Å². The Morgan fingerprint density at radius 1 is 1.16 bits per heavy atom. The first-order valence-corrected chi connectivity index (χ1v) is 8.70. The monoisotopic (exact) mass is 338 g/mol. The molecular weight excluding hydrogens is 312 g/mol. The van der Waals surface area contributed by atoms with Crippen molar-refractivity contribution in [1.82, 2.24) is 0 Å². The highest BCUT2D eigenvalue weighted by molar-refractivity contribution is 5.81. The predicted molar refractivity (Wildman–Crippen MR) is 101 cm³/mol. The maximum absolute atomic E-state index is 11.4. The van der Waals surface area contributed by atoms with E-state index in [1.807, 2.05) is 6.92 Å². The Kier molecular flexibility index (Phi) is 6.96. The summed E-state index contributed by atoms with van der Waals surface area (Å²) in [6, 6.07) is 12.7. The van der Waals surface area contributed by atoms with Gasteiger partial charge in [-0.2, -0.15) is 0 Å². The number of hydrogen-bond acceptors (Lipinski definition) is 3. The zero-order chi connectivity index (χ0) is 18.2. The lowest BCUT2D eigenvalue weighted by atomic mass is 9.91. The van der Waals surface area contributed by atoms with E-state index in [2.05, 4.69) is 49.9 Å². The summed E-state index contributed by atoms with van der Waals surface area (Å²) in [5, 5.41) is 9.02. The average Bonchev–Trinajstić information content (AvgIpc) is 2.64. The van der Waals surface area contributed by atoms with Gasteiger partial charge in [-0.15, -0.1) is 0 Å². The first-order chi connectivity index (χ1) is 12.1. The normalized spacial score (nSPS) is 10.5. The lowest BCUT2D eigenvalue weighted by Gasteiger charge is -2.15. The Balaban J connectivity index is 2.39. The molecule has 0 aliphatic rings. The van der Waals surface area contributed by atoms with E-state index >= 15 is 0 Å². The fraction of sp³-hybridized carbons (Fsp3) is 0.318. The van der Waals surface area contributed by atoms with E-state index in [1.165, 1.54) is 22.8 Å². The second-order valence-corrected chi connectivity index (χ2v) is 6.14. The highest BCUT2D eigenvalue weighted by atomic mass is 16.5. The van der Waals surface area contributed by atoms with E-state index in [9.17, 15) is 4.79 Å². The van der Waals surface area contributed by atoms with Gasteiger partial charge in [0.15, 0.2) is 0 Å². The van der Waals surface area contributed by atoms with E-state index in [0.29, 0.717) is 0 Å². The van der Waals surface area contributed by atoms with Gasteiger partial charge in [-0.1, -0.05) is 55.5 Å². The predicted octanol–water partition coefficient (Wildman–Crippen LogP) is 4.38. The number of hydrogen-bond donors (Lipinski definition) is 1. The van der Waals surface area contributed by atoms with Crippen LogP contribution in [0.4, 0.5) is 0 Å². The highest BCUT2D eigenvalue weighted by Gasteiger charge is 2.11. The van der Waals surface area contributed by atoms with Gasteiger partial charge < -0.3 is 9.84 Å². The summed E-state index contributed by atoms with van der Waals surface area (Å²) in [7, 11) is 0. The Labute approximate surface area is 150 Å². The van der Waals surface area contributed by atoms with Crippen molar-refractivity contribution in [2.75, 3.05) is 6.61 Å². The second kappa shape index (κ2) is 9.19. The van der Waals surface area contributed by atoms with E-state index in [4.69, 9.17) is 9.84 Å². The molecule has 2 aromatic carbocycles. The number of ether oxygens (including phenoxy) is 1. The van der Waals surface area contributed by atoms with Crippen molar-refractivity contribution in [2.45, 2.75) is 39.7 Å². The van der Waals surface area contributed by atoms with Gasteiger partial charge in [0, 0.05) is 12.7 Å². The first kappa shape index (κ1) is 18.9. The van der Waals surface area contributed by atoms with Gasteiger partial charge in [-0.3, -0.25) is 0 Å². The van der Waals surface area contributed by atoms with E-state index in [0.717, 1.165) is 36.0 Å². The number of esters is 1. The van der Waals surface area contributed by atoms with Crippen LogP contribution in [0, 0.1) is 6.92 Å². The van der Waals surface area contributed by atoms with Crippen molar-refractivity contribution in [1.29, 1.82) is 0 Å². The van der Waals surface area contributed by atoms with E-state index in [-0.39, 0.29) is 13.2 Å². The quantitative estimate of drug-likeness (QED) is 0.574. The third-order valence-corrected chi connectivity index (χ3v) is 4.26. The SMILES string of the molecule is C=CC(=O)OCc1cc(C)ccc1-c1ccc(CCCO)cc1CC. The molecule has 25 heavy (non-hydrogen) atoms. The number of aliphatic hydroxyl groups is 1. The smallest absolute Gasteiger partial charge is 0.330 e. The Bertz CT molecular complexity index is 747. The van der Waals surface area contributed by atoms with Crippen LogP contribution < -0.4 is 0 Å². The molecule has 0 spiro atoms. The van der Waals surface area contributed by atoms with Crippen LogP contribution >= 0.6 is 0 Å². The molecule has 0 aliphatic carbocycles. The minimum atomic E-state index is -0.414. The molecule has 2 rings (SSSR count). The van der Waals surface area contributed by atoms with E-state index < -0.39 is 5.97 Å². The van der Waals surface area contributed by atoms with Gasteiger partial charge in [-0.25, -0.2) is 4.79 Å². The van der Waals surface area contributed by atoms with Crippen LogP contribution in [0.15, 0.2) is 49.1 Å². The molecule has 0 amide bonds. The largest absolute Gasteiger partial charge is 0.458 e. The molecule has 0 aliphatic heterocycles. The molecule has 2 aromatic rings. The molecule has 3 nitrogen and oxygen atoms in total. The van der Waals surface area contributed by atoms with Crippen LogP contribution in [0.2, 0.25) is 0 Å². The van der Waals surface area contributed by atoms with Crippen LogP contribution in [-0.4, -0.2) is 17.7 Å². The van der Waals surface area contributed by atoms with Crippen molar-refractivity contribution in [3.05, 3.63) is 71.3 Å². The summed E-state index contributed by atoms with van der Waals surface area (Å²) in [5.41, 5.74) is 6.88. The van der Waals surface area contributed by atoms with Crippen LogP contribution in [0.1, 0.15) is 35.6 Å². The Morgan fingerprint density at radius 2 is 1.88 bits per heavy atom. The zero-order valence-electron chi connectivity index (χ0n) is 15.0. The minimum absolute atomic E-state index is 0.208. The fourth-order valence-electron chi connectivity index (χ4n) is 2.95. The summed E-state index contributed by atoms with van der Waals surface area (Å²) in [5.74, 6) is -0.414. The Hall–Kier alpha value is -2.39. The fourth-order valence-corrected chi connectivity index (χ4v) is 2.95. The van der Waals surface area contributed by atoms with Crippen LogP contribution in [0.5, 0.6) is 0 Å². The number of rotatable bonds is 8. The molecular formula is C22H26O3. The highest BCUT2D eigenvalue weighted by Crippen LogP contribution is 2.30. The topological polar surface area (TPSA) is 46.5 Å². The molecule has 0 aromatic heterocycles. The maximum atomic E-state index is 11.4. The van der Waals surface area contributed by atoms with E-state index in [1.54, 1.807) is 0 Å². The van der Waals surface area contributed by atoms with Crippen LogP contribution in [0.25, 0.3) is 11.1 Å². The number of aryl methyl sites for hydroxylation is 3. The minimum Gasteiger partial charge on any atom is -0.458 e. The van der Waals surface area contributed by atoms with Crippen molar-refractivity contribution < 1.29 is 14.6 Å². The summed E-state index contributed by atoms with van der Waals surface area (Å²) in [6.45, 7) is 8.05. The van der Waals surface area contributed by atoms with Crippen molar-refractivity contribution >= 4 is 5.97 Å². The second-order valence-electron chi connectivity index (χ2n) is 6.14. The summed E-state index contributed by atoms with van der Waals surface area (Å²) >= 11 is 0. The Morgan fingerprint density at radius 3 is 2.56 bits per heavy atom. The lowest BCUT2D eigenvalue weighted by molar-refractivity contribution is -0.138. The molecule has 0 fully saturated rings. The van der Waals surface area contributed by atoms with Gasteiger partial charge in [0.05, 0.1) is 0 Å². The molecule has 0 atom stereocenters. The molecule has 0 saturated heterocycles. The average molecular weight is 338 g/mol. The summed E-state index contributed by atoms with van der Waals surface area (Å²) in [6.07, 6.45) is 3.75. The van der Waals surface area contributed by atoms with Gasteiger partial charge in [-0.05, 0) is 54.0 Å². The molecule has 132 valence electrons. The third kappa shape index (κ3) is 5.04. The van der Waals surface area contributed by atoms with Gasteiger partial charge >= 0.3 is 5.97 Å². The van der Waals surface area contributed by atoms with Crippen LogP contribution in [-0.2, 0) is 29.0 Å². The van der Waals surface area contributed by atoms with Crippen LogP contribution in [0.3, 0.4) is 0 Å². The van der Waals surface area contributed by atoms with Crippen molar-refractivity contribution in [3.8, 4) is 11.1 Å². The van der Waals surface area contributed by atoms with Gasteiger partial charge in [0.25, 0.3) is 0 Å². The van der Waals surface area contributed by atoms with Gasteiger partial charge in [0.2, 0.25) is 0 Å². The summed E-state index contributed by atoms with van der Waals surface area (Å²) in [4.78, 5) is 11.4. The van der Waals surface area contributed by atoms with Crippen molar-refractivity contribution in [2.24, 2.45) is 0 Å². The molecule has 3 heteroatoms. The number of carbonyl (C=O) groups excluding carboxylic acids is 1. The molecule has 0 saturated carbocycles. The van der Waals surface area contributed by atoms with Gasteiger partial charge in [0.1, 0.15) is 6.61 Å².